The topological polar surface area (TPSA) is 74.6 Å². The Balaban J connectivity index is -0.000000328. The number of unbranched alkanes of at least 4 members (excludes halogenated alkanes) is 22. The van der Waals surface area contributed by atoms with Crippen molar-refractivity contribution in [1.82, 2.24) is 0 Å². The van der Waals surface area contributed by atoms with E-state index < -0.39 is 11.9 Å². The maximum Gasteiger partial charge on any atom is 0.303 e. The number of carboxylic acids is 2. The number of rotatable bonds is 26. The van der Waals surface area contributed by atoms with Crippen LogP contribution in [0.15, 0.2) is 0 Å². The molecule has 0 heterocycles. The number of hydrogen-bond donors (Lipinski definition) is 2. The summed E-state index contributed by atoms with van der Waals surface area (Å²) in [4.78, 5) is 20.6. The molecule has 0 aromatic rings. The Morgan fingerprint density at radius 1 is 0.381 bits per heavy atom. The molecule has 6 heteroatoms. The first kappa shape index (κ1) is 48.0. The number of aliphatic carboxylic acids is 2. The van der Waals surface area contributed by atoms with Gasteiger partial charge in [0.2, 0.25) is 0 Å². The second-order valence-electron chi connectivity index (χ2n) is 11.1. The van der Waals surface area contributed by atoms with E-state index in [9.17, 15) is 9.59 Å². The summed E-state index contributed by atoms with van der Waals surface area (Å²) in [6.07, 6.45) is 31.5. The van der Waals surface area contributed by atoms with E-state index in [1.165, 1.54) is 89.9 Å². The SMILES string of the molecule is CCCCCCCCC#CCCCCCCCC(=O)O.CCCCCCCCC#CCCCCCCCC(=O)O.[Cu].[Cu]. The van der Waals surface area contributed by atoms with Crippen LogP contribution < -0.4 is 0 Å². The van der Waals surface area contributed by atoms with Gasteiger partial charge in [0.05, 0.1) is 0 Å². The molecule has 42 heavy (non-hydrogen) atoms. The standard InChI is InChI=1S/2C18H32O2.2Cu/c2*1-2-3-4-5-6-7-8-9-10-11-12-13-14-15-16-17-18(19)20;;/h2*2-8,11-17H2,1H3,(H,19,20);;. The maximum atomic E-state index is 10.3. The second-order valence-corrected chi connectivity index (χ2v) is 11.1. The van der Waals surface area contributed by atoms with Crippen LogP contribution in [-0.4, -0.2) is 22.2 Å². The van der Waals surface area contributed by atoms with Crippen molar-refractivity contribution in [1.29, 1.82) is 0 Å². The van der Waals surface area contributed by atoms with Crippen molar-refractivity contribution < 1.29 is 53.9 Å². The smallest absolute Gasteiger partial charge is 0.303 e. The normalized spacial score (nSPS) is 9.57. The number of hydrogen-bond acceptors (Lipinski definition) is 2. The molecule has 0 saturated heterocycles. The fraction of sp³-hybridized carbons (Fsp3) is 0.833. The van der Waals surface area contributed by atoms with Crippen LogP contribution in [0.3, 0.4) is 0 Å². The molecule has 254 valence electrons. The maximum absolute atomic E-state index is 10.3. The molecule has 0 spiro atoms. The Hall–Kier alpha value is -0.901. The van der Waals surface area contributed by atoms with Gasteiger partial charge in [-0.15, -0.1) is 23.7 Å². The zero-order valence-electron chi connectivity index (χ0n) is 27.1. The van der Waals surface area contributed by atoms with Crippen molar-refractivity contribution in [3.63, 3.8) is 0 Å². The first-order chi connectivity index (χ1) is 19.5. The third-order valence-electron chi connectivity index (χ3n) is 6.95. The average Bonchev–Trinajstić information content (AvgIpc) is 2.93. The zero-order valence-corrected chi connectivity index (χ0v) is 29.0. The Morgan fingerprint density at radius 2 is 0.595 bits per heavy atom. The van der Waals surface area contributed by atoms with Crippen molar-refractivity contribution >= 4 is 11.9 Å². The first-order valence-corrected chi connectivity index (χ1v) is 16.9. The molecule has 0 rings (SSSR count). The van der Waals surface area contributed by atoms with E-state index >= 15 is 0 Å². The van der Waals surface area contributed by atoms with Gasteiger partial charge in [0.15, 0.2) is 0 Å². The summed E-state index contributed by atoms with van der Waals surface area (Å²) in [5.74, 6) is 11.7. The summed E-state index contributed by atoms with van der Waals surface area (Å²) in [6.45, 7) is 4.50. The molecule has 0 saturated carbocycles. The van der Waals surface area contributed by atoms with Crippen molar-refractivity contribution in [3.05, 3.63) is 0 Å². The van der Waals surface area contributed by atoms with Crippen LogP contribution in [0.25, 0.3) is 0 Å². The van der Waals surface area contributed by atoms with Crippen molar-refractivity contribution in [2.45, 2.75) is 194 Å². The summed E-state index contributed by atoms with van der Waals surface area (Å²) in [5.41, 5.74) is 0. The molecule has 0 amide bonds. The fourth-order valence-electron chi connectivity index (χ4n) is 4.38. The first-order valence-electron chi connectivity index (χ1n) is 16.9. The van der Waals surface area contributed by atoms with Crippen molar-refractivity contribution in [3.8, 4) is 23.7 Å². The van der Waals surface area contributed by atoms with Crippen molar-refractivity contribution in [2.24, 2.45) is 0 Å². The molecular weight excluding hydrogens is 623 g/mol. The van der Waals surface area contributed by atoms with Crippen LogP contribution in [0.1, 0.15) is 194 Å². The summed E-state index contributed by atoms with van der Waals surface area (Å²) in [5, 5.41) is 17.0. The van der Waals surface area contributed by atoms with Crippen LogP contribution in [0.4, 0.5) is 0 Å². The number of carboxylic acid groups (broad SMARTS) is 2. The monoisotopic (exact) mass is 686 g/mol. The fourth-order valence-corrected chi connectivity index (χ4v) is 4.38. The molecule has 0 aromatic carbocycles. The van der Waals surface area contributed by atoms with Crippen LogP contribution in [0, 0.1) is 23.7 Å². The third kappa shape index (κ3) is 51.8. The average molecular weight is 688 g/mol. The zero-order chi connectivity index (χ0) is 29.8. The van der Waals surface area contributed by atoms with Gasteiger partial charge in [0.1, 0.15) is 0 Å². The van der Waals surface area contributed by atoms with E-state index in [4.69, 9.17) is 10.2 Å². The van der Waals surface area contributed by atoms with Gasteiger partial charge >= 0.3 is 11.9 Å². The van der Waals surface area contributed by atoms with Gasteiger partial charge < -0.3 is 10.2 Å². The van der Waals surface area contributed by atoms with Crippen LogP contribution in [0.5, 0.6) is 0 Å². The Kier molecular flexibility index (Phi) is 50.9. The van der Waals surface area contributed by atoms with Gasteiger partial charge in [-0.1, -0.05) is 117 Å². The number of carbonyl (C=O) groups is 2. The molecule has 0 aliphatic rings. The van der Waals surface area contributed by atoms with Gasteiger partial charge in [0.25, 0.3) is 0 Å². The van der Waals surface area contributed by atoms with E-state index in [0.29, 0.717) is 12.8 Å². The van der Waals surface area contributed by atoms with E-state index in [2.05, 4.69) is 37.5 Å². The van der Waals surface area contributed by atoms with Gasteiger partial charge in [0, 0.05) is 72.7 Å². The summed E-state index contributed by atoms with van der Waals surface area (Å²) in [6, 6.07) is 0. The molecule has 0 aromatic heterocycles. The van der Waals surface area contributed by atoms with E-state index in [1.54, 1.807) is 0 Å². The molecule has 0 aliphatic heterocycles. The predicted octanol–water partition coefficient (Wildman–Crippen LogP) is 11.1. The minimum absolute atomic E-state index is 0. The molecule has 0 aliphatic carbocycles. The van der Waals surface area contributed by atoms with Gasteiger partial charge in [-0.3, -0.25) is 9.59 Å². The Labute approximate surface area is 282 Å². The van der Waals surface area contributed by atoms with Crippen molar-refractivity contribution in [2.75, 3.05) is 0 Å². The van der Waals surface area contributed by atoms with E-state index in [1.807, 2.05) is 0 Å². The summed E-state index contributed by atoms with van der Waals surface area (Å²) in [7, 11) is 0. The van der Waals surface area contributed by atoms with Crippen LogP contribution in [-0.2, 0) is 43.7 Å². The quantitative estimate of drug-likeness (QED) is 0.0539. The molecule has 2 radical (unpaired) electrons. The molecule has 0 fully saturated rings. The largest absolute Gasteiger partial charge is 0.481 e. The molecule has 4 nitrogen and oxygen atoms in total. The molecule has 2 N–H and O–H groups in total. The van der Waals surface area contributed by atoms with E-state index in [0.717, 1.165) is 77.0 Å². The summed E-state index contributed by atoms with van der Waals surface area (Å²) >= 11 is 0. The Bertz CT molecular complexity index is 615. The Morgan fingerprint density at radius 3 is 0.833 bits per heavy atom. The minimum atomic E-state index is -0.675. The van der Waals surface area contributed by atoms with Gasteiger partial charge in [-0.05, 0) is 38.5 Å². The molecule has 0 bridgehead atoms. The third-order valence-corrected chi connectivity index (χ3v) is 6.95. The molecule has 0 unspecified atom stereocenters. The van der Waals surface area contributed by atoms with E-state index in [-0.39, 0.29) is 34.1 Å². The minimum Gasteiger partial charge on any atom is -0.481 e. The second kappa shape index (κ2) is 44.5. The molecular formula is C36H64Cu2O4. The van der Waals surface area contributed by atoms with Gasteiger partial charge in [-0.2, -0.15) is 0 Å². The van der Waals surface area contributed by atoms with Crippen LogP contribution in [0.2, 0.25) is 0 Å². The predicted molar refractivity (Wildman–Crippen MR) is 171 cm³/mol. The summed E-state index contributed by atoms with van der Waals surface area (Å²) < 4.78 is 0. The molecule has 0 atom stereocenters. The van der Waals surface area contributed by atoms with Crippen LogP contribution >= 0.6 is 0 Å². The van der Waals surface area contributed by atoms with Gasteiger partial charge in [-0.25, -0.2) is 0 Å².